The second-order valence-electron chi connectivity index (χ2n) is 10.5. The van der Waals surface area contributed by atoms with Gasteiger partial charge in [-0.1, -0.05) is 13.8 Å². The third-order valence-corrected chi connectivity index (χ3v) is 7.91. The van der Waals surface area contributed by atoms with Crippen LogP contribution in [0, 0.1) is 34.9 Å². The van der Waals surface area contributed by atoms with E-state index in [1.807, 2.05) is 13.8 Å². The summed E-state index contributed by atoms with van der Waals surface area (Å²) in [7, 11) is -4.49. The topological polar surface area (TPSA) is 102 Å². The van der Waals surface area contributed by atoms with E-state index in [9.17, 15) is 22.2 Å². The Balaban J connectivity index is 1.39. The van der Waals surface area contributed by atoms with Crippen LogP contribution in [0.15, 0.2) is 18.2 Å². The molecule has 4 bridgehead atoms. The number of rotatable bonds is 10. The molecule has 0 amide bonds. The lowest BCUT2D eigenvalue weighted by atomic mass is 9.50. The van der Waals surface area contributed by atoms with E-state index >= 15 is 0 Å². The molecule has 0 aromatic heterocycles. The van der Waals surface area contributed by atoms with Gasteiger partial charge in [0, 0.05) is 5.92 Å². The Bertz CT molecular complexity index is 940. The first-order valence-corrected chi connectivity index (χ1v) is 13.3. The fraction of sp³-hybridized carbons (Fsp3) is 0.708. The van der Waals surface area contributed by atoms with E-state index < -0.39 is 40.6 Å². The number of esters is 1. The van der Waals surface area contributed by atoms with Gasteiger partial charge in [-0.15, -0.1) is 0 Å². The largest absolute Gasteiger partial charge is 0.748 e. The molecule has 7 nitrogen and oxygen atoms in total. The van der Waals surface area contributed by atoms with Crippen molar-refractivity contribution in [2.75, 3.05) is 19.0 Å². The van der Waals surface area contributed by atoms with E-state index in [2.05, 4.69) is 0 Å². The van der Waals surface area contributed by atoms with Crippen LogP contribution in [0.4, 0.5) is 4.39 Å². The maximum absolute atomic E-state index is 14.5. The highest BCUT2D eigenvalue weighted by Crippen LogP contribution is 2.60. The Morgan fingerprint density at radius 3 is 2.30 bits per heavy atom. The lowest BCUT2D eigenvalue weighted by Gasteiger charge is -2.56. The lowest BCUT2D eigenvalue weighted by Crippen LogP contribution is -2.49. The molecule has 184 valence electrons. The highest BCUT2D eigenvalue weighted by atomic mass is 32.2. The van der Waals surface area contributed by atoms with Gasteiger partial charge in [0.05, 0.1) is 28.0 Å². The summed E-state index contributed by atoms with van der Waals surface area (Å²) in [5, 5.41) is 0. The first-order chi connectivity index (χ1) is 15.5. The van der Waals surface area contributed by atoms with Crippen molar-refractivity contribution in [3.8, 4) is 5.75 Å². The van der Waals surface area contributed by atoms with Crippen LogP contribution in [0.3, 0.4) is 0 Å². The minimum Gasteiger partial charge on any atom is -0.748 e. The van der Waals surface area contributed by atoms with E-state index in [4.69, 9.17) is 14.2 Å². The first-order valence-electron chi connectivity index (χ1n) is 11.7. The summed E-state index contributed by atoms with van der Waals surface area (Å²) >= 11 is 0. The standard InChI is InChI=1S/C24H33FO7S/c1-15(2)23(31-14-24-11-16-7-17(12-24)9-18(8-16)13-24)32-21-10-19(3-4-20(21)25)22(26)30-5-6-33(27,28)29/h3-4,10,15-18,23H,5-9,11-14H2,1-2H3,(H,27,28,29)/p-1. The van der Waals surface area contributed by atoms with Crippen LogP contribution in [-0.4, -0.2) is 44.2 Å². The number of carbonyl (C=O) groups excluding carboxylic acids is 1. The van der Waals surface area contributed by atoms with Crippen LogP contribution >= 0.6 is 0 Å². The molecule has 9 heteroatoms. The van der Waals surface area contributed by atoms with Gasteiger partial charge in [-0.3, -0.25) is 0 Å². The molecule has 0 spiro atoms. The fourth-order valence-electron chi connectivity index (χ4n) is 6.25. The van der Waals surface area contributed by atoms with Gasteiger partial charge in [-0.25, -0.2) is 17.6 Å². The molecule has 1 aromatic rings. The van der Waals surface area contributed by atoms with Gasteiger partial charge in [0.2, 0.25) is 6.29 Å². The SMILES string of the molecule is CC(C)C(OCC12CC3CC(CC(C3)C1)C2)Oc1cc(C(=O)OCCS(=O)(=O)[O-])ccc1F. The molecule has 0 heterocycles. The van der Waals surface area contributed by atoms with E-state index in [1.165, 1.54) is 50.7 Å². The number of carbonyl (C=O) groups is 1. The van der Waals surface area contributed by atoms with Crippen LogP contribution in [0.1, 0.15) is 62.7 Å². The summed E-state index contributed by atoms with van der Waals surface area (Å²) in [5.74, 6) is -0.102. The molecular weight excluding hydrogens is 451 g/mol. The van der Waals surface area contributed by atoms with Gasteiger partial charge in [-0.05, 0) is 79.9 Å². The molecular formula is C24H32FO7S-. The lowest BCUT2D eigenvalue weighted by molar-refractivity contribution is -0.167. The molecule has 4 aliphatic carbocycles. The highest BCUT2D eigenvalue weighted by molar-refractivity contribution is 7.85. The minimum atomic E-state index is -4.49. The highest BCUT2D eigenvalue weighted by Gasteiger charge is 2.51. The average molecular weight is 484 g/mol. The number of hydrogen-bond donors (Lipinski definition) is 0. The number of ether oxygens (including phenoxy) is 3. The zero-order valence-electron chi connectivity index (χ0n) is 19.1. The van der Waals surface area contributed by atoms with Gasteiger partial charge in [0.15, 0.2) is 11.6 Å². The van der Waals surface area contributed by atoms with Crippen LogP contribution in [0.5, 0.6) is 5.75 Å². The Morgan fingerprint density at radius 1 is 1.15 bits per heavy atom. The third kappa shape index (κ3) is 6.05. The molecule has 1 unspecified atom stereocenters. The summed E-state index contributed by atoms with van der Waals surface area (Å²) in [5.41, 5.74) is 0.190. The van der Waals surface area contributed by atoms with E-state index in [0.29, 0.717) is 6.61 Å². The zero-order chi connectivity index (χ0) is 23.8. The van der Waals surface area contributed by atoms with Gasteiger partial charge in [0.1, 0.15) is 6.61 Å². The Morgan fingerprint density at radius 2 is 1.76 bits per heavy atom. The number of benzene rings is 1. The second-order valence-corrected chi connectivity index (χ2v) is 12.0. The van der Waals surface area contributed by atoms with Gasteiger partial charge in [0.25, 0.3) is 0 Å². The van der Waals surface area contributed by atoms with Crippen molar-refractivity contribution in [2.24, 2.45) is 29.1 Å². The summed E-state index contributed by atoms with van der Waals surface area (Å²) in [6.07, 6.45) is 6.94. The van der Waals surface area contributed by atoms with Gasteiger partial charge < -0.3 is 18.8 Å². The molecule has 5 rings (SSSR count). The van der Waals surface area contributed by atoms with Crippen molar-refractivity contribution in [1.82, 2.24) is 0 Å². The van der Waals surface area contributed by atoms with Crippen LogP contribution in [0.2, 0.25) is 0 Å². The van der Waals surface area contributed by atoms with Crippen LogP contribution in [0.25, 0.3) is 0 Å². The molecule has 1 atom stereocenters. The predicted molar refractivity (Wildman–Crippen MR) is 117 cm³/mol. The monoisotopic (exact) mass is 483 g/mol. The molecule has 0 radical (unpaired) electrons. The first kappa shape index (κ1) is 24.4. The third-order valence-electron chi connectivity index (χ3n) is 7.24. The zero-order valence-corrected chi connectivity index (χ0v) is 19.9. The van der Waals surface area contributed by atoms with Gasteiger partial charge in [-0.2, -0.15) is 0 Å². The van der Waals surface area contributed by atoms with Crippen molar-refractivity contribution in [3.05, 3.63) is 29.6 Å². The Hall–Kier alpha value is -1.71. The van der Waals surface area contributed by atoms with Crippen LogP contribution < -0.4 is 4.74 Å². The maximum Gasteiger partial charge on any atom is 0.338 e. The smallest absolute Gasteiger partial charge is 0.338 e. The van der Waals surface area contributed by atoms with E-state index in [1.54, 1.807) is 0 Å². The molecule has 0 N–H and O–H groups in total. The van der Waals surface area contributed by atoms with Crippen molar-refractivity contribution in [1.29, 1.82) is 0 Å². The summed E-state index contributed by atoms with van der Waals surface area (Å²) in [6, 6.07) is 3.52. The van der Waals surface area contributed by atoms with Crippen molar-refractivity contribution < 1.29 is 36.4 Å². The second kappa shape index (κ2) is 9.50. The minimum absolute atomic E-state index is 0.00159. The predicted octanol–water partition coefficient (Wildman–Crippen LogP) is 4.12. The quantitative estimate of drug-likeness (QED) is 0.280. The van der Waals surface area contributed by atoms with Crippen molar-refractivity contribution >= 4 is 16.1 Å². The summed E-state index contributed by atoms with van der Waals surface area (Å²) < 4.78 is 63.4. The molecule has 4 fully saturated rings. The maximum atomic E-state index is 14.5. The van der Waals surface area contributed by atoms with Crippen molar-refractivity contribution in [2.45, 2.75) is 58.7 Å². The number of halogens is 1. The average Bonchev–Trinajstić information content (AvgIpc) is 2.70. The van der Waals surface area contributed by atoms with E-state index in [0.717, 1.165) is 23.8 Å². The Labute approximate surface area is 194 Å². The molecule has 1 aromatic carbocycles. The summed E-state index contributed by atoms with van der Waals surface area (Å²) in [6.45, 7) is 3.89. The molecule has 0 saturated heterocycles. The summed E-state index contributed by atoms with van der Waals surface area (Å²) in [4.78, 5) is 12.2. The molecule has 4 aliphatic rings. The van der Waals surface area contributed by atoms with E-state index in [-0.39, 0.29) is 22.6 Å². The molecule has 33 heavy (non-hydrogen) atoms. The van der Waals surface area contributed by atoms with Gasteiger partial charge >= 0.3 is 5.97 Å². The molecule has 0 aliphatic heterocycles. The Kier molecular flexibility index (Phi) is 7.03. The van der Waals surface area contributed by atoms with Crippen molar-refractivity contribution in [3.63, 3.8) is 0 Å². The molecule has 4 saturated carbocycles. The fourth-order valence-corrected chi connectivity index (χ4v) is 6.54. The number of hydrogen-bond acceptors (Lipinski definition) is 7. The normalized spacial score (nSPS) is 29.3. The van der Waals surface area contributed by atoms with Crippen LogP contribution in [-0.2, 0) is 19.6 Å².